The number of thioether (sulfide) groups is 1. The summed E-state index contributed by atoms with van der Waals surface area (Å²) in [6, 6.07) is 6.99. The normalized spacial score (nSPS) is 20.1. The van der Waals surface area contributed by atoms with E-state index in [1.54, 1.807) is 0 Å². The van der Waals surface area contributed by atoms with Gasteiger partial charge in [0.25, 0.3) is 0 Å². The van der Waals surface area contributed by atoms with E-state index in [4.69, 9.17) is 11.6 Å². The van der Waals surface area contributed by atoms with E-state index in [0.29, 0.717) is 6.04 Å². The van der Waals surface area contributed by atoms with Gasteiger partial charge in [-0.3, -0.25) is 0 Å². The smallest absolute Gasteiger partial charge is 0.0467 e. The van der Waals surface area contributed by atoms with Crippen molar-refractivity contribution >= 4 is 45.0 Å². The highest BCUT2D eigenvalue weighted by molar-refractivity contribution is 9.08. The molecule has 1 heterocycles. The van der Waals surface area contributed by atoms with Crippen LogP contribution in [0.2, 0.25) is 5.02 Å². The van der Waals surface area contributed by atoms with Gasteiger partial charge in [-0.1, -0.05) is 33.6 Å². The molecular weight excluding hydrogens is 306 g/mol. The summed E-state index contributed by atoms with van der Waals surface area (Å²) in [5.74, 6) is 2.51. The molecule has 0 N–H and O–H groups in total. The maximum atomic E-state index is 6.22. The third kappa shape index (κ3) is 2.69. The van der Waals surface area contributed by atoms with Crippen molar-refractivity contribution in [3.05, 3.63) is 28.8 Å². The quantitative estimate of drug-likeness (QED) is 0.769. The maximum absolute atomic E-state index is 6.22. The van der Waals surface area contributed by atoms with Crippen molar-refractivity contribution in [3.8, 4) is 0 Å². The molecule has 0 amide bonds. The second kappa shape index (κ2) is 5.65. The summed E-state index contributed by atoms with van der Waals surface area (Å²) in [5, 5.41) is 1.67. The predicted octanol–water partition coefficient (Wildman–Crippen LogP) is 4.18. The van der Waals surface area contributed by atoms with Crippen molar-refractivity contribution in [3.63, 3.8) is 0 Å². The van der Waals surface area contributed by atoms with E-state index in [0.717, 1.165) is 15.9 Å². The van der Waals surface area contributed by atoms with E-state index in [-0.39, 0.29) is 0 Å². The van der Waals surface area contributed by atoms with E-state index in [1.165, 1.54) is 23.6 Å². The molecular formula is C12H15BrClNS. The van der Waals surface area contributed by atoms with Crippen molar-refractivity contribution in [2.75, 3.05) is 23.5 Å². The highest BCUT2D eigenvalue weighted by atomic mass is 79.9. The highest BCUT2D eigenvalue weighted by Crippen LogP contribution is 2.29. The fourth-order valence-electron chi connectivity index (χ4n) is 1.90. The molecule has 16 heavy (non-hydrogen) atoms. The predicted molar refractivity (Wildman–Crippen MR) is 78.2 cm³/mol. The van der Waals surface area contributed by atoms with Crippen LogP contribution in [0.25, 0.3) is 0 Å². The molecule has 2 rings (SSSR count). The van der Waals surface area contributed by atoms with Gasteiger partial charge >= 0.3 is 0 Å². The second-order valence-corrected chi connectivity index (χ2v) is 6.16. The Morgan fingerprint density at radius 1 is 1.56 bits per heavy atom. The number of halogens is 2. The zero-order chi connectivity index (χ0) is 11.5. The molecule has 0 radical (unpaired) electrons. The minimum Gasteiger partial charge on any atom is -0.371 e. The fraction of sp³-hybridized carbons (Fsp3) is 0.500. The molecule has 1 atom stereocenters. The molecule has 1 aliphatic rings. The monoisotopic (exact) mass is 319 g/mol. The Bertz CT molecular complexity index is 366. The number of benzene rings is 1. The van der Waals surface area contributed by atoms with E-state index in [2.05, 4.69) is 46.1 Å². The lowest BCUT2D eigenvalue weighted by atomic mass is 10.1. The van der Waals surface area contributed by atoms with Gasteiger partial charge in [-0.25, -0.2) is 0 Å². The summed E-state index contributed by atoms with van der Waals surface area (Å²) in [5.41, 5.74) is 2.38. The van der Waals surface area contributed by atoms with Gasteiger partial charge < -0.3 is 4.90 Å². The Morgan fingerprint density at radius 3 is 2.94 bits per heavy atom. The standard InChI is InChI=1S/C12H15BrClNS/c1-15(11-4-5-16-8-11)10-3-2-9(7-13)12(14)6-10/h2-3,6,11H,4-5,7-8H2,1H3. The van der Waals surface area contributed by atoms with Crippen LogP contribution in [0.4, 0.5) is 5.69 Å². The highest BCUT2D eigenvalue weighted by Gasteiger charge is 2.20. The molecule has 1 nitrogen and oxygen atoms in total. The Morgan fingerprint density at radius 2 is 2.38 bits per heavy atom. The Hall–Kier alpha value is 0.140. The largest absolute Gasteiger partial charge is 0.371 e. The number of hydrogen-bond donors (Lipinski definition) is 0. The summed E-state index contributed by atoms with van der Waals surface area (Å²) in [4.78, 5) is 2.35. The number of rotatable bonds is 3. The Kier molecular flexibility index (Phi) is 4.45. The van der Waals surface area contributed by atoms with Crippen LogP contribution in [0.3, 0.4) is 0 Å². The van der Waals surface area contributed by atoms with Crippen molar-refractivity contribution in [1.82, 2.24) is 0 Å². The molecule has 0 bridgehead atoms. The van der Waals surface area contributed by atoms with Gasteiger partial charge in [-0.05, 0) is 29.9 Å². The Balaban J connectivity index is 2.16. The van der Waals surface area contributed by atoms with E-state index >= 15 is 0 Å². The molecule has 1 unspecified atom stereocenters. The maximum Gasteiger partial charge on any atom is 0.0467 e. The summed E-state index contributed by atoms with van der Waals surface area (Å²) in [7, 11) is 2.16. The number of anilines is 1. The first-order valence-electron chi connectivity index (χ1n) is 5.37. The lowest BCUT2D eigenvalue weighted by Gasteiger charge is -2.26. The Labute approximate surface area is 115 Å². The van der Waals surface area contributed by atoms with Gasteiger partial charge in [0.2, 0.25) is 0 Å². The third-order valence-corrected chi connectivity index (χ3v) is 5.14. The molecule has 0 aromatic heterocycles. The third-order valence-electron chi connectivity index (χ3n) is 3.04. The van der Waals surface area contributed by atoms with E-state index < -0.39 is 0 Å². The zero-order valence-electron chi connectivity index (χ0n) is 9.25. The minimum atomic E-state index is 0.663. The van der Waals surface area contributed by atoms with Crippen LogP contribution in [0.1, 0.15) is 12.0 Å². The van der Waals surface area contributed by atoms with Crippen LogP contribution in [-0.2, 0) is 5.33 Å². The number of nitrogens with zero attached hydrogens (tertiary/aromatic N) is 1. The number of alkyl halides is 1. The van der Waals surface area contributed by atoms with Gasteiger partial charge in [0.15, 0.2) is 0 Å². The van der Waals surface area contributed by atoms with Crippen LogP contribution in [0.5, 0.6) is 0 Å². The van der Waals surface area contributed by atoms with Gasteiger partial charge in [-0.15, -0.1) is 0 Å². The minimum absolute atomic E-state index is 0.663. The van der Waals surface area contributed by atoms with E-state index in [1.807, 2.05) is 11.8 Å². The number of hydrogen-bond acceptors (Lipinski definition) is 2. The molecule has 1 fully saturated rings. The molecule has 0 saturated carbocycles. The van der Waals surface area contributed by atoms with Crippen LogP contribution in [0.15, 0.2) is 18.2 Å². The summed E-state index contributed by atoms with van der Waals surface area (Å²) in [6.07, 6.45) is 1.28. The van der Waals surface area contributed by atoms with Gasteiger partial charge in [0.1, 0.15) is 0 Å². The SMILES string of the molecule is CN(c1ccc(CBr)c(Cl)c1)C1CCSC1. The van der Waals surface area contributed by atoms with Gasteiger partial charge in [0, 0.05) is 34.9 Å². The fourth-order valence-corrected chi connectivity index (χ4v) is 4.06. The topological polar surface area (TPSA) is 3.24 Å². The van der Waals surface area contributed by atoms with Gasteiger partial charge in [-0.2, -0.15) is 11.8 Å². The molecule has 1 aromatic rings. The van der Waals surface area contributed by atoms with Crippen molar-refractivity contribution in [2.24, 2.45) is 0 Å². The van der Waals surface area contributed by atoms with Crippen LogP contribution in [-0.4, -0.2) is 24.6 Å². The lowest BCUT2D eigenvalue weighted by Crippen LogP contribution is -2.31. The summed E-state index contributed by atoms with van der Waals surface area (Å²) < 4.78 is 0. The van der Waals surface area contributed by atoms with Crippen molar-refractivity contribution in [1.29, 1.82) is 0 Å². The average Bonchev–Trinajstić information content (AvgIpc) is 2.81. The summed E-state index contributed by atoms with van der Waals surface area (Å²) in [6.45, 7) is 0. The summed E-state index contributed by atoms with van der Waals surface area (Å²) >= 11 is 11.7. The molecule has 0 aliphatic carbocycles. The van der Waals surface area contributed by atoms with Crippen molar-refractivity contribution < 1.29 is 0 Å². The zero-order valence-corrected chi connectivity index (χ0v) is 12.4. The molecule has 1 aliphatic heterocycles. The first-order valence-corrected chi connectivity index (χ1v) is 8.02. The van der Waals surface area contributed by atoms with Crippen molar-refractivity contribution in [2.45, 2.75) is 17.8 Å². The van der Waals surface area contributed by atoms with Crippen LogP contribution < -0.4 is 4.90 Å². The van der Waals surface area contributed by atoms with Crippen LogP contribution in [0, 0.1) is 0 Å². The average molecular weight is 321 g/mol. The molecule has 1 aromatic carbocycles. The molecule has 1 saturated heterocycles. The first kappa shape index (κ1) is 12.6. The molecule has 0 spiro atoms. The first-order chi connectivity index (χ1) is 7.72. The second-order valence-electron chi connectivity index (χ2n) is 4.04. The molecule has 88 valence electrons. The molecule has 4 heteroatoms. The van der Waals surface area contributed by atoms with Gasteiger partial charge in [0.05, 0.1) is 0 Å². The van der Waals surface area contributed by atoms with E-state index in [9.17, 15) is 0 Å². The van der Waals surface area contributed by atoms with Crippen LogP contribution >= 0.6 is 39.3 Å². The lowest BCUT2D eigenvalue weighted by molar-refractivity contribution is 0.700.